The highest BCUT2D eigenvalue weighted by atomic mass is 35.5. The second kappa shape index (κ2) is 9.82. The SMILES string of the molecule is CC(C)(C)c1ccc(Cn2c(-c3c(Cl)cncc3Cl)nc(O)c(C(=O)NCC(=O)O)c2=O)cc1. The smallest absolute Gasteiger partial charge is 0.322 e. The largest absolute Gasteiger partial charge is 0.493 e. The predicted molar refractivity (Wildman–Crippen MR) is 128 cm³/mol. The highest BCUT2D eigenvalue weighted by Gasteiger charge is 2.26. The van der Waals surface area contributed by atoms with E-state index in [-0.39, 0.29) is 33.4 Å². The Morgan fingerprint density at radius 1 is 1.09 bits per heavy atom. The van der Waals surface area contributed by atoms with Crippen molar-refractivity contribution in [2.24, 2.45) is 0 Å². The lowest BCUT2D eigenvalue weighted by atomic mass is 9.87. The van der Waals surface area contributed by atoms with Gasteiger partial charge in [0.25, 0.3) is 11.5 Å². The second-order valence-corrected chi connectivity index (χ2v) is 9.34. The zero-order valence-corrected chi connectivity index (χ0v) is 20.1. The van der Waals surface area contributed by atoms with Crippen LogP contribution in [0.4, 0.5) is 0 Å². The maximum atomic E-state index is 13.4. The quantitative estimate of drug-likeness (QED) is 0.467. The van der Waals surface area contributed by atoms with Crippen molar-refractivity contribution >= 4 is 35.1 Å². The normalized spacial score (nSPS) is 11.3. The predicted octanol–water partition coefficient (Wildman–Crippen LogP) is 3.48. The van der Waals surface area contributed by atoms with Crippen LogP contribution < -0.4 is 10.9 Å². The monoisotopic (exact) mass is 504 g/mol. The molecule has 0 fully saturated rings. The molecule has 34 heavy (non-hydrogen) atoms. The van der Waals surface area contributed by atoms with Crippen molar-refractivity contribution in [2.45, 2.75) is 32.7 Å². The Bertz CT molecular complexity index is 1290. The summed E-state index contributed by atoms with van der Waals surface area (Å²) < 4.78 is 1.15. The van der Waals surface area contributed by atoms with Crippen molar-refractivity contribution in [2.75, 3.05) is 6.54 Å². The number of nitrogens with zero attached hydrogens (tertiary/aromatic N) is 3. The molecule has 1 aromatic carbocycles. The van der Waals surface area contributed by atoms with Crippen molar-refractivity contribution in [3.8, 4) is 17.3 Å². The fraction of sp³-hybridized carbons (Fsp3) is 0.261. The van der Waals surface area contributed by atoms with Crippen LogP contribution in [-0.4, -0.2) is 43.2 Å². The Labute approximate surface area is 205 Å². The first-order valence-corrected chi connectivity index (χ1v) is 10.9. The molecule has 3 rings (SSSR count). The Morgan fingerprint density at radius 3 is 2.21 bits per heavy atom. The average Bonchev–Trinajstić information content (AvgIpc) is 2.74. The molecule has 0 atom stereocenters. The molecule has 0 saturated carbocycles. The van der Waals surface area contributed by atoms with E-state index in [9.17, 15) is 19.5 Å². The number of carboxylic acid groups (broad SMARTS) is 1. The van der Waals surface area contributed by atoms with Gasteiger partial charge in [0.1, 0.15) is 12.4 Å². The first kappa shape index (κ1) is 25.2. The summed E-state index contributed by atoms with van der Waals surface area (Å²) in [5.74, 6) is -3.35. The summed E-state index contributed by atoms with van der Waals surface area (Å²) in [6.45, 7) is 5.45. The Kier molecular flexibility index (Phi) is 7.28. The first-order chi connectivity index (χ1) is 15.9. The summed E-state index contributed by atoms with van der Waals surface area (Å²) in [4.78, 5) is 44.6. The number of amides is 1. The van der Waals surface area contributed by atoms with Crippen LogP contribution in [0.5, 0.6) is 5.88 Å². The summed E-state index contributed by atoms with van der Waals surface area (Å²) in [6, 6.07) is 7.54. The number of pyridine rings is 1. The highest BCUT2D eigenvalue weighted by molar-refractivity contribution is 6.38. The zero-order chi connectivity index (χ0) is 25.2. The van der Waals surface area contributed by atoms with Crippen molar-refractivity contribution in [1.82, 2.24) is 19.9 Å². The molecule has 3 aromatic rings. The number of rotatable bonds is 6. The van der Waals surface area contributed by atoms with Crippen LogP contribution in [0.15, 0.2) is 41.5 Å². The van der Waals surface area contributed by atoms with Gasteiger partial charge >= 0.3 is 5.97 Å². The van der Waals surface area contributed by atoms with E-state index in [1.807, 2.05) is 24.3 Å². The van der Waals surface area contributed by atoms with Gasteiger partial charge in [-0.1, -0.05) is 68.2 Å². The summed E-state index contributed by atoms with van der Waals surface area (Å²) in [5.41, 5.74) is 0.277. The third-order valence-electron chi connectivity index (χ3n) is 5.02. The number of carbonyl (C=O) groups excluding carboxylic acids is 1. The standard InChI is InChI=1S/C23H22Cl2N4O5/c1-23(2,3)13-6-4-12(5-7-13)11-29-19(17-14(24)8-26-9-15(17)25)28-21(33)18(22(29)34)20(32)27-10-16(30)31/h4-9,33H,10-11H2,1-3H3,(H,27,32)(H,30,31). The molecular formula is C23H22Cl2N4O5. The van der Waals surface area contributed by atoms with Gasteiger partial charge in [-0.3, -0.25) is 23.9 Å². The summed E-state index contributed by atoms with van der Waals surface area (Å²) in [7, 11) is 0. The van der Waals surface area contributed by atoms with Gasteiger partial charge in [-0.2, -0.15) is 4.98 Å². The number of halogens is 2. The van der Waals surface area contributed by atoms with Crippen molar-refractivity contribution in [3.63, 3.8) is 0 Å². The Balaban J connectivity index is 2.19. The fourth-order valence-corrected chi connectivity index (χ4v) is 3.78. The van der Waals surface area contributed by atoms with Gasteiger partial charge in [0.2, 0.25) is 5.88 Å². The van der Waals surface area contributed by atoms with E-state index in [1.54, 1.807) is 0 Å². The second-order valence-electron chi connectivity index (χ2n) is 8.53. The summed E-state index contributed by atoms with van der Waals surface area (Å²) in [6.07, 6.45) is 2.61. The van der Waals surface area contributed by atoms with Crippen LogP contribution in [0.2, 0.25) is 10.0 Å². The van der Waals surface area contributed by atoms with Gasteiger partial charge in [0.05, 0.1) is 22.2 Å². The molecular weight excluding hydrogens is 483 g/mol. The maximum Gasteiger partial charge on any atom is 0.322 e. The zero-order valence-electron chi connectivity index (χ0n) is 18.6. The highest BCUT2D eigenvalue weighted by Crippen LogP contribution is 2.33. The number of benzene rings is 1. The molecule has 0 aliphatic carbocycles. The van der Waals surface area contributed by atoms with Gasteiger partial charge in [-0.25, -0.2) is 0 Å². The molecule has 0 radical (unpaired) electrons. The van der Waals surface area contributed by atoms with Crippen LogP contribution in [0, 0.1) is 0 Å². The number of hydrogen-bond donors (Lipinski definition) is 3. The van der Waals surface area contributed by atoms with Gasteiger partial charge in [-0.15, -0.1) is 0 Å². The molecule has 3 N–H and O–H groups in total. The lowest BCUT2D eigenvalue weighted by Gasteiger charge is -2.20. The van der Waals surface area contributed by atoms with Crippen LogP contribution in [0.25, 0.3) is 11.4 Å². The van der Waals surface area contributed by atoms with Crippen LogP contribution in [0.3, 0.4) is 0 Å². The van der Waals surface area contributed by atoms with Crippen LogP contribution >= 0.6 is 23.2 Å². The van der Waals surface area contributed by atoms with Gasteiger partial charge in [0, 0.05) is 12.4 Å². The van der Waals surface area contributed by atoms with Gasteiger partial charge in [-0.05, 0) is 16.5 Å². The molecule has 0 saturated heterocycles. The van der Waals surface area contributed by atoms with Crippen molar-refractivity contribution in [3.05, 3.63) is 73.7 Å². The van der Waals surface area contributed by atoms with E-state index < -0.39 is 35.4 Å². The molecule has 178 valence electrons. The number of carboxylic acids is 1. The number of aliphatic carboxylic acids is 1. The van der Waals surface area contributed by atoms with Crippen LogP contribution in [0.1, 0.15) is 42.3 Å². The van der Waals surface area contributed by atoms with Crippen molar-refractivity contribution < 1.29 is 19.8 Å². The number of hydrogen-bond acceptors (Lipinski definition) is 6. The van der Waals surface area contributed by atoms with Crippen LogP contribution in [-0.2, 0) is 16.8 Å². The molecule has 11 heteroatoms. The van der Waals surface area contributed by atoms with E-state index in [2.05, 4.69) is 36.1 Å². The molecule has 0 spiro atoms. The third-order valence-corrected chi connectivity index (χ3v) is 5.59. The molecule has 2 heterocycles. The lowest BCUT2D eigenvalue weighted by Crippen LogP contribution is -2.37. The number of carbonyl (C=O) groups is 2. The van der Waals surface area contributed by atoms with Gasteiger partial charge < -0.3 is 15.5 Å². The minimum absolute atomic E-state index is 0.0277. The summed E-state index contributed by atoms with van der Waals surface area (Å²) >= 11 is 12.5. The molecule has 2 aromatic heterocycles. The minimum Gasteiger partial charge on any atom is -0.493 e. The Morgan fingerprint density at radius 2 is 1.68 bits per heavy atom. The fourth-order valence-electron chi connectivity index (χ4n) is 3.24. The van der Waals surface area contributed by atoms with E-state index in [4.69, 9.17) is 28.3 Å². The third kappa shape index (κ3) is 5.37. The number of aromatic hydroxyl groups is 1. The van der Waals surface area contributed by atoms with E-state index in [0.29, 0.717) is 5.56 Å². The summed E-state index contributed by atoms with van der Waals surface area (Å²) in [5, 5.41) is 21.5. The van der Waals surface area contributed by atoms with E-state index >= 15 is 0 Å². The average molecular weight is 505 g/mol. The maximum absolute atomic E-state index is 13.4. The molecule has 0 unspecified atom stereocenters. The van der Waals surface area contributed by atoms with E-state index in [1.165, 1.54) is 12.4 Å². The molecule has 0 aliphatic heterocycles. The lowest BCUT2D eigenvalue weighted by molar-refractivity contribution is -0.135. The first-order valence-electron chi connectivity index (χ1n) is 10.1. The van der Waals surface area contributed by atoms with E-state index in [0.717, 1.165) is 10.1 Å². The minimum atomic E-state index is -1.31. The molecule has 1 amide bonds. The Hall–Kier alpha value is -3.43. The number of aromatic nitrogens is 3. The molecule has 9 nitrogen and oxygen atoms in total. The topological polar surface area (TPSA) is 134 Å². The molecule has 0 aliphatic rings. The molecule has 0 bridgehead atoms. The van der Waals surface area contributed by atoms with Gasteiger partial charge in [0.15, 0.2) is 5.56 Å². The van der Waals surface area contributed by atoms with Crippen molar-refractivity contribution in [1.29, 1.82) is 0 Å². The number of nitrogens with one attached hydrogen (secondary N) is 1.